The summed E-state index contributed by atoms with van der Waals surface area (Å²) in [7, 11) is 6.10. The van der Waals surface area contributed by atoms with Gasteiger partial charge in [0.05, 0.1) is 7.11 Å². The molecule has 8 nitrogen and oxygen atoms in total. The van der Waals surface area contributed by atoms with Crippen LogP contribution in [0.25, 0.3) is 6.08 Å². The highest BCUT2D eigenvalue weighted by Crippen LogP contribution is 2.41. The van der Waals surface area contributed by atoms with Crippen LogP contribution >= 0.6 is 0 Å². The fraction of sp³-hybridized carbons (Fsp3) is 0.370. The number of ketones is 1. The molecule has 2 aromatic carbocycles. The van der Waals surface area contributed by atoms with E-state index in [4.69, 9.17) is 33.2 Å². The van der Waals surface area contributed by atoms with Gasteiger partial charge in [-0.3, -0.25) is 4.79 Å². The SMILES string of the molecule is COCOc1ccc(/C=C/C(=O)c2c(OC)cc(OCOC)c(CC=C(C)C)c2OCOC)cc1. The lowest BCUT2D eigenvalue weighted by molar-refractivity contribution is 0.0440. The van der Waals surface area contributed by atoms with E-state index < -0.39 is 0 Å². The molecule has 0 N–H and O–H groups in total. The molecule has 0 saturated heterocycles. The molecule has 0 spiro atoms. The second kappa shape index (κ2) is 14.8. The zero-order chi connectivity index (χ0) is 25.6. The van der Waals surface area contributed by atoms with Crippen LogP contribution in [0.15, 0.2) is 48.1 Å². The van der Waals surface area contributed by atoms with Crippen molar-refractivity contribution < 1.29 is 38.0 Å². The second-order valence-corrected chi connectivity index (χ2v) is 7.66. The summed E-state index contributed by atoms with van der Waals surface area (Å²) in [6.07, 6.45) is 5.70. The Morgan fingerprint density at radius 3 is 2.06 bits per heavy atom. The van der Waals surface area contributed by atoms with Crippen LogP contribution in [0, 0.1) is 0 Å². The number of ether oxygens (including phenoxy) is 7. The van der Waals surface area contributed by atoms with Crippen LogP contribution in [0.4, 0.5) is 0 Å². The van der Waals surface area contributed by atoms with Gasteiger partial charge in [-0.15, -0.1) is 0 Å². The zero-order valence-electron chi connectivity index (χ0n) is 21.2. The van der Waals surface area contributed by atoms with Crippen molar-refractivity contribution in [3.63, 3.8) is 0 Å². The number of carbonyl (C=O) groups excluding carboxylic acids is 1. The second-order valence-electron chi connectivity index (χ2n) is 7.66. The van der Waals surface area contributed by atoms with Crippen molar-refractivity contribution in [2.75, 3.05) is 48.8 Å². The molecule has 0 heterocycles. The molecule has 190 valence electrons. The Hall–Kier alpha value is -3.33. The van der Waals surface area contributed by atoms with Gasteiger partial charge in [0.25, 0.3) is 0 Å². The van der Waals surface area contributed by atoms with Crippen molar-refractivity contribution in [3.8, 4) is 23.0 Å². The molecule has 35 heavy (non-hydrogen) atoms. The Labute approximate surface area is 207 Å². The van der Waals surface area contributed by atoms with Crippen LogP contribution in [0.2, 0.25) is 0 Å². The topological polar surface area (TPSA) is 81.7 Å². The van der Waals surface area contributed by atoms with E-state index in [0.717, 1.165) is 11.1 Å². The molecule has 0 aliphatic rings. The van der Waals surface area contributed by atoms with Crippen LogP contribution in [-0.2, 0) is 20.6 Å². The van der Waals surface area contributed by atoms with Gasteiger partial charge in [-0.25, -0.2) is 0 Å². The lowest BCUT2D eigenvalue weighted by atomic mass is 9.99. The van der Waals surface area contributed by atoms with Gasteiger partial charge in [-0.2, -0.15) is 0 Å². The number of hydrogen-bond donors (Lipinski definition) is 0. The smallest absolute Gasteiger partial charge is 0.193 e. The fourth-order valence-corrected chi connectivity index (χ4v) is 3.13. The van der Waals surface area contributed by atoms with Crippen molar-refractivity contribution in [1.82, 2.24) is 0 Å². The summed E-state index contributed by atoms with van der Waals surface area (Å²) in [6.45, 7) is 4.14. The number of hydrogen-bond acceptors (Lipinski definition) is 8. The Balaban J connectivity index is 2.50. The summed E-state index contributed by atoms with van der Waals surface area (Å²) in [5.74, 6) is 1.54. The summed E-state index contributed by atoms with van der Waals surface area (Å²) in [4.78, 5) is 13.4. The van der Waals surface area contributed by atoms with Crippen molar-refractivity contribution >= 4 is 11.9 Å². The number of allylic oxidation sites excluding steroid dienone is 3. The minimum atomic E-state index is -0.288. The van der Waals surface area contributed by atoms with E-state index in [2.05, 4.69) is 0 Å². The molecule has 0 atom stereocenters. The lowest BCUT2D eigenvalue weighted by Gasteiger charge is -2.20. The first kappa shape index (κ1) is 27.9. The van der Waals surface area contributed by atoms with Crippen LogP contribution < -0.4 is 18.9 Å². The molecule has 0 aliphatic carbocycles. The van der Waals surface area contributed by atoms with Gasteiger partial charge < -0.3 is 33.2 Å². The van der Waals surface area contributed by atoms with E-state index >= 15 is 0 Å². The highest BCUT2D eigenvalue weighted by molar-refractivity contribution is 6.11. The molecule has 0 bridgehead atoms. The minimum Gasteiger partial charge on any atom is -0.496 e. The fourth-order valence-electron chi connectivity index (χ4n) is 3.13. The first-order chi connectivity index (χ1) is 16.9. The first-order valence-corrected chi connectivity index (χ1v) is 11.0. The van der Waals surface area contributed by atoms with Crippen LogP contribution in [0.1, 0.15) is 35.3 Å². The predicted octanol–water partition coefficient (Wildman–Crippen LogP) is 5.05. The molecular weight excluding hydrogens is 452 g/mol. The van der Waals surface area contributed by atoms with E-state index in [1.54, 1.807) is 31.4 Å². The molecule has 2 rings (SSSR count). The maximum Gasteiger partial charge on any atom is 0.193 e. The molecule has 0 aromatic heterocycles. The van der Waals surface area contributed by atoms with Crippen LogP contribution in [-0.4, -0.2) is 54.6 Å². The summed E-state index contributed by atoms with van der Waals surface area (Å²) >= 11 is 0. The van der Waals surface area contributed by atoms with Crippen molar-refractivity contribution in [2.24, 2.45) is 0 Å². The third-order valence-corrected chi connectivity index (χ3v) is 4.79. The highest BCUT2D eigenvalue weighted by atomic mass is 16.7. The molecule has 0 saturated carbocycles. The van der Waals surface area contributed by atoms with Gasteiger partial charge in [0, 0.05) is 33.0 Å². The molecule has 8 heteroatoms. The lowest BCUT2D eigenvalue weighted by Crippen LogP contribution is -2.12. The summed E-state index contributed by atoms with van der Waals surface area (Å²) in [5, 5.41) is 0. The van der Waals surface area contributed by atoms with Gasteiger partial charge in [0.15, 0.2) is 26.2 Å². The number of methoxy groups -OCH3 is 4. The Kier molecular flexibility index (Phi) is 11.8. The van der Waals surface area contributed by atoms with Crippen molar-refractivity contribution in [1.29, 1.82) is 0 Å². The van der Waals surface area contributed by atoms with Gasteiger partial charge in [0.1, 0.15) is 28.6 Å². The molecule has 0 fully saturated rings. The third kappa shape index (κ3) is 8.43. The predicted molar refractivity (Wildman–Crippen MR) is 133 cm³/mol. The average molecular weight is 487 g/mol. The van der Waals surface area contributed by atoms with Gasteiger partial charge in [-0.1, -0.05) is 29.9 Å². The van der Waals surface area contributed by atoms with Crippen molar-refractivity contribution in [2.45, 2.75) is 20.3 Å². The molecule has 0 radical (unpaired) electrons. The highest BCUT2D eigenvalue weighted by Gasteiger charge is 2.25. The summed E-state index contributed by atoms with van der Waals surface area (Å²) in [5.41, 5.74) is 2.91. The Morgan fingerprint density at radius 1 is 0.829 bits per heavy atom. The van der Waals surface area contributed by atoms with E-state index in [9.17, 15) is 4.79 Å². The zero-order valence-corrected chi connectivity index (χ0v) is 21.2. The Bertz CT molecular complexity index is 1000. The summed E-state index contributed by atoms with van der Waals surface area (Å²) < 4.78 is 37.7. The largest absolute Gasteiger partial charge is 0.496 e. The maximum atomic E-state index is 13.4. The molecular formula is C27H34O8. The van der Waals surface area contributed by atoms with Crippen LogP contribution in [0.5, 0.6) is 23.0 Å². The van der Waals surface area contributed by atoms with E-state index in [1.165, 1.54) is 27.4 Å². The van der Waals surface area contributed by atoms with Gasteiger partial charge in [-0.05, 0) is 44.0 Å². The molecule has 0 aliphatic heterocycles. The number of benzene rings is 2. The van der Waals surface area contributed by atoms with Crippen molar-refractivity contribution in [3.05, 3.63) is 64.7 Å². The molecule has 0 unspecified atom stereocenters. The quantitative estimate of drug-likeness (QED) is 0.150. The monoisotopic (exact) mass is 486 g/mol. The van der Waals surface area contributed by atoms with E-state index in [-0.39, 0.29) is 31.7 Å². The summed E-state index contributed by atoms with van der Waals surface area (Å²) in [6, 6.07) is 8.97. The van der Waals surface area contributed by atoms with Crippen LogP contribution in [0.3, 0.4) is 0 Å². The molecule has 2 aromatic rings. The standard InChI is InChI=1S/C27H34O8/c1-19(2)7-13-22-24(34-17-30-4)15-25(32-6)26(27(22)35-18-31-5)23(28)14-10-20-8-11-21(12-9-20)33-16-29-3/h7-12,14-15H,13,16-18H2,1-6H3/b14-10+. The van der Waals surface area contributed by atoms with E-state index in [0.29, 0.717) is 35.0 Å². The normalized spacial score (nSPS) is 10.8. The number of rotatable bonds is 15. The maximum absolute atomic E-state index is 13.4. The number of carbonyl (C=O) groups is 1. The van der Waals surface area contributed by atoms with E-state index in [1.807, 2.05) is 32.1 Å². The first-order valence-electron chi connectivity index (χ1n) is 11.0. The van der Waals surface area contributed by atoms with Gasteiger partial charge >= 0.3 is 0 Å². The minimum absolute atomic E-state index is 0.0337. The Morgan fingerprint density at radius 2 is 1.46 bits per heavy atom. The van der Waals surface area contributed by atoms with Gasteiger partial charge in [0.2, 0.25) is 0 Å². The average Bonchev–Trinajstić information content (AvgIpc) is 2.87. The third-order valence-electron chi connectivity index (χ3n) is 4.79. The molecule has 0 amide bonds.